The fourth-order valence-electron chi connectivity index (χ4n) is 3.77. The Balaban J connectivity index is 1.45. The Hall–Kier alpha value is -3.19. The van der Waals surface area contributed by atoms with Crippen molar-refractivity contribution in [2.75, 3.05) is 20.2 Å². The van der Waals surface area contributed by atoms with Gasteiger partial charge >= 0.3 is 0 Å². The van der Waals surface area contributed by atoms with E-state index in [-0.39, 0.29) is 17.2 Å². The molecule has 1 aliphatic rings. The summed E-state index contributed by atoms with van der Waals surface area (Å²) < 4.78 is 5.26. The van der Waals surface area contributed by atoms with E-state index in [0.717, 1.165) is 48.5 Å². The van der Waals surface area contributed by atoms with Crippen LogP contribution in [-0.2, 0) is 6.54 Å². The molecule has 0 atom stereocenters. The zero-order chi connectivity index (χ0) is 20.2. The molecule has 0 amide bonds. The molecule has 1 aliphatic heterocycles. The maximum absolute atomic E-state index is 12.2. The summed E-state index contributed by atoms with van der Waals surface area (Å²) in [6.07, 6.45) is 5.22. The van der Waals surface area contributed by atoms with Crippen molar-refractivity contribution in [2.45, 2.75) is 25.3 Å². The van der Waals surface area contributed by atoms with Crippen molar-refractivity contribution in [2.24, 2.45) is 0 Å². The molecule has 29 heavy (non-hydrogen) atoms. The van der Waals surface area contributed by atoms with Gasteiger partial charge in [0.05, 0.1) is 12.8 Å². The van der Waals surface area contributed by atoms with Crippen molar-refractivity contribution < 1.29 is 9.84 Å². The first-order chi connectivity index (χ1) is 14.1. The van der Waals surface area contributed by atoms with E-state index < -0.39 is 0 Å². The van der Waals surface area contributed by atoms with E-state index in [4.69, 9.17) is 9.72 Å². The molecule has 1 aromatic carbocycles. The molecule has 0 radical (unpaired) electrons. The summed E-state index contributed by atoms with van der Waals surface area (Å²) in [6.45, 7) is 2.41. The van der Waals surface area contributed by atoms with Crippen LogP contribution >= 0.6 is 0 Å². The predicted molar refractivity (Wildman–Crippen MR) is 110 cm³/mol. The normalized spacial score (nSPS) is 15.3. The number of aromatic nitrogens is 3. The smallest absolute Gasteiger partial charge is 0.251 e. The molecule has 150 valence electrons. The molecule has 1 saturated heterocycles. The first-order valence-corrected chi connectivity index (χ1v) is 9.72. The minimum absolute atomic E-state index is 0.141. The molecular formula is C22H24N4O3. The Morgan fingerprint density at radius 3 is 2.79 bits per heavy atom. The molecule has 0 aliphatic carbocycles. The molecule has 2 aromatic heterocycles. The van der Waals surface area contributed by atoms with Gasteiger partial charge in [-0.05, 0) is 56.3 Å². The van der Waals surface area contributed by atoms with Crippen LogP contribution < -0.4 is 10.3 Å². The highest BCUT2D eigenvalue weighted by Gasteiger charge is 2.23. The number of phenolic OH excluding ortho intramolecular Hbond substituents is 1. The highest BCUT2D eigenvalue weighted by atomic mass is 16.5. The summed E-state index contributed by atoms with van der Waals surface area (Å²) in [4.78, 5) is 26.1. The third kappa shape index (κ3) is 4.46. The van der Waals surface area contributed by atoms with Crippen LogP contribution in [0.1, 0.15) is 30.0 Å². The van der Waals surface area contributed by atoms with Crippen LogP contribution in [-0.4, -0.2) is 45.2 Å². The lowest BCUT2D eigenvalue weighted by Gasteiger charge is -2.32. The molecular weight excluding hydrogens is 368 g/mol. The van der Waals surface area contributed by atoms with Crippen molar-refractivity contribution in [3.8, 4) is 22.9 Å². The van der Waals surface area contributed by atoms with Crippen molar-refractivity contribution in [3.05, 3.63) is 70.4 Å². The number of nitrogens with zero attached hydrogens (tertiary/aromatic N) is 3. The minimum atomic E-state index is -0.141. The van der Waals surface area contributed by atoms with Gasteiger partial charge in [-0.25, -0.2) is 4.98 Å². The molecule has 3 aromatic rings. The molecule has 0 unspecified atom stereocenters. The quantitative estimate of drug-likeness (QED) is 0.694. The van der Waals surface area contributed by atoms with Crippen molar-refractivity contribution in [3.63, 3.8) is 0 Å². The Labute approximate surface area is 169 Å². The number of hydrogen-bond donors (Lipinski definition) is 2. The topological polar surface area (TPSA) is 91.3 Å². The number of benzene rings is 1. The second-order valence-corrected chi connectivity index (χ2v) is 7.31. The number of phenols is 1. The van der Waals surface area contributed by atoms with Gasteiger partial charge in [-0.1, -0.05) is 0 Å². The lowest BCUT2D eigenvalue weighted by atomic mass is 9.93. The van der Waals surface area contributed by atoms with E-state index in [1.165, 1.54) is 0 Å². The minimum Gasteiger partial charge on any atom is -0.508 e. The summed E-state index contributed by atoms with van der Waals surface area (Å²) in [5, 5.41) is 10.1. The Bertz CT molecular complexity index is 1030. The second kappa shape index (κ2) is 8.45. The maximum atomic E-state index is 12.2. The highest BCUT2D eigenvalue weighted by Crippen LogP contribution is 2.30. The molecule has 3 heterocycles. The number of H-pyrrole nitrogens is 1. The number of hydrogen-bond acceptors (Lipinski definition) is 6. The molecule has 0 saturated carbocycles. The molecule has 0 bridgehead atoms. The Kier molecular flexibility index (Phi) is 5.57. The summed E-state index contributed by atoms with van der Waals surface area (Å²) >= 11 is 0. The molecule has 7 heteroatoms. The number of rotatable bonds is 5. The monoisotopic (exact) mass is 392 g/mol. The summed E-state index contributed by atoms with van der Waals surface area (Å²) in [5.74, 6) is 1.82. The third-order valence-electron chi connectivity index (χ3n) is 5.38. The third-order valence-corrected chi connectivity index (χ3v) is 5.38. The zero-order valence-electron chi connectivity index (χ0n) is 16.3. The van der Waals surface area contributed by atoms with Gasteiger partial charge in [0.15, 0.2) is 0 Å². The van der Waals surface area contributed by atoms with Crippen LogP contribution in [0.5, 0.6) is 11.5 Å². The van der Waals surface area contributed by atoms with Gasteiger partial charge in [-0.15, -0.1) is 0 Å². The molecule has 4 rings (SSSR count). The van der Waals surface area contributed by atoms with Gasteiger partial charge in [-0.3, -0.25) is 14.7 Å². The largest absolute Gasteiger partial charge is 0.508 e. The van der Waals surface area contributed by atoms with E-state index in [2.05, 4.69) is 14.9 Å². The number of aromatic amines is 1. The van der Waals surface area contributed by atoms with Gasteiger partial charge in [0.1, 0.15) is 17.3 Å². The van der Waals surface area contributed by atoms with Gasteiger partial charge in [0.2, 0.25) is 0 Å². The zero-order valence-corrected chi connectivity index (χ0v) is 16.3. The predicted octanol–water partition coefficient (Wildman–Crippen LogP) is 2.93. The van der Waals surface area contributed by atoms with Gasteiger partial charge in [0, 0.05) is 42.0 Å². The average Bonchev–Trinajstić information content (AvgIpc) is 2.76. The number of piperidine rings is 1. The number of methoxy groups -OCH3 is 1. The van der Waals surface area contributed by atoms with E-state index in [0.29, 0.717) is 12.4 Å². The van der Waals surface area contributed by atoms with E-state index >= 15 is 0 Å². The van der Waals surface area contributed by atoms with Gasteiger partial charge < -0.3 is 14.8 Å². The number of ether oxygens (including phenoxy) is 1. The van der Waals surface area contributed by atoms with E-state index in [1.807, 2.05) is 18.2 Å². The van der Waals surface area contributed by atoms with Crippen LogP contribution in [0.4, 0.5) is 0 Å². The fourth-order valence-corrected chi connectivity index (χ4v) is 3.77. The first kappa shape index (κ1) is 19.1. The van der Waals surface area contributed by atoms with Crippen LogP contribution in [0, 0.1) is 0 Å². The molecule has 1 fully saturated rings. The Morgan fingerprint density at radius 1 is 1.24 bits per heavy atom. The first-order valence-electron chi connectivity index (χ1n) is 9.72. The van der Waals surface area contributed by atoms with Crippen LogP contribution in [0.25, 0.3) is 11.4 Å². The van der Waals surface area contributed by atoms with E-state index in [9.17, 15) is 9.90 Å². The number of likely N-dealkylation sites (tertiary alicyclic amines) is 1. The highest BCUT2D eigenvalue weighted by molar-refractivity contribution is 5.52. The average molecular weight is 392 g/mol. The van der Waals surface area contributed by atoms with E-state index in [1.54, 1.807) is 37.7 Å². The molecule has 0 spiro atoms. The molecule has 2 N–H and O–H groups in total. The van der Waals surface area contributed by atoms with Crippen molar-refractivity contribution in [1.29, 1.82) is 0 Å². The standard InChI is InChI=1S/C22H24N4O3/c1-29-18-4-5-20(27)17(11-18)14-26-9-6-15(7-10-26)19-12-21(28)25-22(24-19)16-3-2-8-23-13-16/h2-5,8,11-13,15,27H,6-7,9-10,14H2,1H3,(H,24,25,28). The summed E-state index contributed by atoms with van der Waals surface area (Å²) in [7, 11) is 1.62. The summed E-state index contributed by atoms with van der Waals surface area (Å²) in [5.41, 5.74) is 2.35. The second-order valence-electron chi connectivity index (χ2n) is 7.31. The van der Waals surface area contributed by atoms with Crippen LogP contribution in [0.2, 0.25) is 0 Å². The number of nitrogens with one attached hydrogen (secondary N) is 1. The maximum Gasteiger partial charge on any atom is 0.251 e. The van der Waals surface area contributed by atoms with Gasteiger partial charge in [0.25, 0.3) is 5.56 Å². The van der Waals surface area contributed by atoms with Gasteiger partial charge in [-0.2, -0.15) is 0 Å². The SMILES string of the molecule is COc1ccc(O)c(CN2CCC(c3cc(=O)[nH]c(-c4cccnc4)n3)CC2)c1. The lowest BCUT2D eigenvalue weighted by molar-refractivity contribution is 0.201. The molecule has 7 nitrogen and oxygen atoms in total. The summed E-state index contributed by atoms with van der Waals surface area (Å²) in [6, 6.07) is 10.6. The number of pyridine rings is 1. The Morgan fingerprint density at radius 2 is 2.07 bits per heavy atom. The van der Waals surface area contributed by atoms with Crippen LogP contribution in [0.3, 0.4) is 0 Å². The lowest BCUT2D eigenvalue weighted by Crippen LogP contribution is -2.33. The van der Waals surface area contributed by atoms with Crippen molar-refractivity contribution in [1.82, 2.24) is 19.9 Å². The van der Waals surface area contributed by atoms with Crippen LogP contribution in [0.15, 0.2) is 53.6 Å². The van der Waals surface area contributed by atoms with Crippen molar-refractivity contribution >= 4 is 0 Å². The fraction of sp³-hybridized carbons (Fsp3) is 0.318. The number of aromatic hydroxyl groups is 1.